The average molecular weight is 423 g/mol. The monoisotopic (exact) mass is 422 g/mol. The lowest BCUT2D eigenvalue weighted by atomic mass is 10.0. The number of piperidine rings is 1. The second-order valence-electron chi connectivity index (χ2n) is 8.13. The number of anilines is 1. The molecule has 0 radical (unpaired) electrons. The van der Waals surface area contributed by atoms with E-state index in [0.717, 1.165) is 38.2 Å². The minimum absolute atomic E-state index is 0.0864. The van der Waals surface area contributed by atoms with Crippen LogP contribution in [0.3, 0.4) is 0 Å². The van der Waals surface area contributed by atoms with Gasteiger partial charge in [-0.1, -0.05) is 42.5 Å². The van der Waals surface area contributed by atoms with Gasteiger partial charge in [0.05, 0.1) is 12.8 Å². The van der Waals surface area contributed by atoms with Crippen molar-refractivity contribution in [1.82, 2.24) is 15.1 Å². The zero-order chi connectivity index (χ0) is 21.6. The number of para-hydroxylation sites is 2. The molecule has 0 spiro atoms. The molecule has 7 nitrogen and oxygen atoms in total. The Bertz CT molecular complexity index is 897. The number of hydrogen-bond acceptors (Lipinski definition) is 4. The van der Waals surface area contributed by atoms with Crippen LogP contribution in [0.25, 0.3) is 0 Å². The lowest BCUT2D eigenvalue weighted by molar-refractivity contribution is -0.122. The fourth-order valence-corrected chi connectivity index (χ4v) is 4.33. The first-order chi connectivity index (χ1) is 15.1. The molecule has 0 saturated carbocycles. The van der Waals surface area contributed by atoms with Gasteiger partial charge in [-0.3, -0.25) is 14.6 Å². The summed E-state index contributed by atoms with van der Waals surface area (Å²) in [6, 6.07) is 17.9. The predicted molar refractivity (Wildman–Crippen MR) is 120 cm³/mol. The van der Waals surface area contributed by atoms with Crippen molar-refractivity contribution in [2.45, 2.75) is 25.4 Å². The van der Waals surface area contributed by atoms with Gasteiger partial charge in [0, 0.05) is 38.8 Å². The normalized spacial score (nSPS) is 17.8. The van der Waals surface area contributed by atoms with Gasteiger partial charge in [-0.25, -0.2) is 4.79 Å². The number of carbonyl (C=O) groups is 2. The Morgan fingerprint density at radius 3 is 2.45 bits per heavy atom. The van der Waals surface area contributed by atoms with Crippen LogP contribution in [0.4, 0.5) is 10.5 Å². The number of amides is 3. The van der Waals surface area contributed by atoms with Crippen molar-refractivity contribution < 1.29 is 14.3 Å². The van der Waals surface area contributed by atoms with Crippen molar-refractivity contribution in [2.75, 3.05) is 44.7 Å². The number of rotatable bonds is 7. The van der Waals surface area contributed by atoms with Gasteiger partial charge in [0.25, 0.3) is 0 Å². The second kappa shape index (κ2) is 9.83. The molecule has 3 amide bonds. The maximum Gasteiger partial charge on any atom is 0.325 e. The fourth-order valence-electron chi connectivity index (χ4n) is 4.33. The summed E-state index contributed by atoms with van der Waals surface area (Å²) in [6.45, 7) is 4.04. The van der Waals surface area contributed by atoms with Gasteiger partial charge in [-0.05, 0) is 30.5 Å². The summed E-state index contributed by atoms with van der Waals surface area (Å²) in [6.07, 6.45) is 1.86. The summed E-state index contributed by atoms with van der Waals surface area (Å²) in [5, 5.41) is 3.13. The van der Waals surface area contributed by atoms with Gasteiger partial charge in [0.2, 0.25) is 5.91 Å². The van der Waals surface area contributed by atoms with Crippen LogP contribution in [0, 0.1) is 0 Å². The summed E-state index contributed by atoms with van der Waals surface area (Å²) >= 11 is 0. The third kappa shape index (κ3) is 5.17. The SMILES string of the molecule is COc1ccccc1N1CCN(CC(=O)NC2CCN(Cc3ccccc3)CC2)C1=O. The summed E-state index contributed by atoms with van der Waals surface area (Å²) < 4.78 is 5.37. The van der Waals surface area contributed by atoms with Gasteiger partial charge < -0.3 is 15.0 Å². The van der Waals surface area contributed by atoms with E-state index in [9.17, 15) is 9.59 Å². The van der Waals surface area contributed by atoms with Crippen molar-refractivity contribution in [1.29, 1.82) is 0 Å². The van der Waals surface area contributed by atoms with Crippen molar-refractivity contribution >= 4 is 17.6 Å². The Morgan fingerprint density at radius 2 is 1.71 bits per heavy atom. The molecule has 2 heterocycles. The molecule has 2 aliphatic rings. The minimum atomic E-state index is -0.155. The highest BCUT2D eigenvalue weighted by molar-refractivity contribution is 5.97. The Labute approximate surface area is 183 Å². The Balaban J connectivity index is 1.24. The first kappa shape index (κ1) is 21.2. The minimum Gasteiger partial charge on any atom is -0.495 e. The lowest BCUT2D eigenvalue weighted by Crippen LogP contribution is -2.47. The quantitative estimate of drug-likeness (QED) is 0.745. The second-order valence-corrected chi connectivity index (χ2v) is 8.13. The third-order valence-electron chi connectivity index (χ3n) is 6.01. The van der Waals surface area contributed by atoms with Gasteiger partial charge in [-0.15, -0.1) is 0 Å². The van der Waals surface area contributed by atoms with E-state index in [2.05, 4.69) is 34.5 Å². The number of nitrogens with one attached hydrogen (secondary N) is 1. The largest absolute Gasteiger partial charge is 0.495 e. The molecule has 7 heteroatoms. The van der Waals surface area contributed by atoms with Crippen LogP contribution in [0.5, 0.6) is 5.75 Å². The number of hydrogen-bond donors (Lipinski definition) is 1. The Kier molecular flexibility index (Phi) is 6.72. The maximum absolute atomic E-state index is 12.8. The van der Waals surface area contributed by atoms with E-state index in [4.69, 9.17) is 4.74 Å². The first-order valence-corrected chi connectivity index (χ1v) is 10.9. The maximum atomic E-state index is 12.8. The van der Waals surface area contributed by atoms with E-state index in [1.54, 1.807) is 16.9 Å². The zero-order valence-electron chi connectivity index (χ0n) is 18.0. The molecule has 4 rings (SSSR count). The van der Waals surface area contributed by atoms with E-state index in [1.165, 1.54) is 5.56 Å². The highest BCUT2D eigenvalue weighted by Gasteiger charge is 2.32. The molecular weight excluding hydrogens is 392 g/mol. The number of benzene rings is 2. The Morgan fingerprint density at radius 1 is 1.00 bits per heavy atom. The molecule has 0 bridgehead atoms. The van der Waals surface area contributed by atoms with E-state index in [1.807, 2.05) is 30.3 Å². The predicted octanol–water partition coefficient (Wildman–Crippen LogP) is 2.72. The molecule has 2 saturated heterocycles. The lowest BCUT2D eigenvalue weighted by Gasteiger charge is -2.32. The molecule has 0 atom stereocenters. The summed E-state index contributed by atoms with van der Waals surface area (Å²) in [4.78, 5) is 31.1. The molecule has 2 aromatic rings. The highest BCUT2D eigenvalue weighted by Crippen LogP contribution is 2.30. The van der Waals surface area contributed by atoms with Crippen LogP contribution in [-0.2, 0) is 11.3 Å². The number of nitrogens with zero attached hydrogens (tertiary/aromatic N) is 3. The number of methoxy groups -OCH3 is 1. The van der Waals surface area contributed by atoms with Gasteiger partial charge in [-0.2, -0.15) is 0 Å². The number of urea groups is 1. The molecule has 1 N–H and O–H groups in total. The van der Waals surface area contributed by atoms with Crippen molar-refractivity contribution in [3.05, 3.63) is 60.2 Å². The first-order valence-electron chi connectivity index (χ1n) is 10.9. The molecule has 0 unspecified atom stereocenters. The van der Waals surface area contributed by atoms with Crippen LogP contribution in [-0.4, -0.2) is 67.6 Å². The Hall–Kier alpha value is -3.06. The molecule has 2 aliphatic heterocycles. The fraction of sp³-hybridized carbons (Fsp3) is 0.417. The topological polar surface area (TPSA) is 65.1 Å². The number of likely N-dealkylation sites (tertiary alicyclic amines) is 1. The molecule has 0 aliphatic carbocycles. The van der Waals surface area contributed by atoms with Crippen LogP contribution in [0.2, 0.25) is 0 Å². The third-order valence-corrected chi connectivity index (χ3v) is 6.01. The summed E-state index contributed by atoms with van der Waals surface area (Å²) in [5.74, 6) is 0.571. The molecule has 31 heavy (non-hydrogen) atoms. The smallest absolute Gasteiger partial charge is 0.325 e. The van der Waals surface area contributed by atoms with Gasteiger partial charge in [0.15, 0.2) is 0 Å². The molecule has 0 aromatic heterocycles. The van der Waals surface area contributed by atoms with Gasteiger partial charge >= 0.3 is 6.03 Å². The highest BCUT2D eigenvalue weighted by atomic mass is 16.5. The molecule has 164 valence electrons. The summed E-state index contributed by atoms with van der Waals surface area (Å²) in [7, 11) is 1.59. The molecular formula is C24H30N4O3. The van der Waals surface area contributed by atoms with E-state index >= 15 is 0 Å². The van der Waals surface area contributed by atoms with E-state index < -0.39 is 0 Å². The zero-order valence-corrected chi connectivity index (χ0v) is 18.0. The van der Waals surface area contributed by atoms with Crippen molar-refractivity contribution in [3.8, 4) is 5.75 Å². The van der Waals surface area contributed by atoms with Crippen LogP contribution < -0.4 is 15.0 Å². The molecule has 2 fully saturated rings. The van der Waals surface area contributed by atoms with Crippen LogP contribution >= 0.6 is 0 Å². The van der Waals surface area contributed by atoms with Crippen molar-refractivity contribution in [2.24, 2.45) is 0 Å². The standard InChI is InChI=1S/C24H30N4O3/c1-31-22-10-6-5-9-21(22)28-16-15-27(24(28)30)18-23(29)25-20-11-13-26(14-12-20)17-19-7-3-2-4-8-19/h2-10,20H,11-18H2,1H3,(H,25,29). The average Bonchev–Trinajstić information content (AvgIpc) is 3.15. The van der Waals surface area contributed by atoms with E-state index in [0.29, 0.717) is 18.8 Å². The molecule has 2 aromatic carbocycles. The van der Waals surface area contributed by atoms with Crippen LogP contribution in [0.1, 0.15) is 18.4 Å². The van der Waals surface area contributed by atoms with Crippen LogP contribution in [0.15, 0.2) is 54.6 Å². The summed E-state index contributed by atoms with van der Waals surface area (Å²) in [5.41, 5.74) is 2.06. The number of carbonyl (C=O) groups excluding carboxylic acids is 2. The van der Waals surface area contributed by atoms with Crippen molar-refractivity contribution in [3.63, 3.8) is 0 Å². The van der Waals surface area contributed by atoms with E-state index in [-0.39, 0.29) is 24.5 Å². The number of ether oxygens (including phenoxy) is 1. The van der Waals surface area contributed by atoms with Gasteiger partial charge in [0.1, 0.15) is 12.3 Å².